The highest BCUT2D eigenvalue weighted by Gasteiger charge is 2.23. The van der Waals surface area contributed by atoms with E-state index in [0.717, 1.165) is 0 Å². The van der Waals surface area contributed by atoms with Crippen molar-refractivity contribution in [1.29, 1.82) is 0 Å². The van der Waals surface area contributed by atoms with Gasteiger partial charge in [0.15, 0.2) is 6.04 Å². The fraction of sp³-hybridized carbons (Fsp3) is 0.0833. The molecule has 0 saturated heterocycles. The maximum atomic E-state index is 11.8. The topological polar surface area (TPSA) is 79.3 Å². The SMILES string of the molecule is O=C(NC(C(=O)O)c1cccs1)c1cccnc1. The zero-order valence-corrected chi connectivity index (χ0v) is 10.1. The minimum absolute atomic E-state index is 0.334. The van der Waals surface area contributed by atoms with Crippen molar-refractivity contribution in [2.75, 3.05) is 0 Å². The molecule has 0 aliphatic heterocycles. The number of carbonyl (C=O) groups is 2. The van der Waals surface area contributed by atoms with Gasteiger partial charge in [-0.25, -0.2) is 4.79 Å². The largest absolute Gasteiger partial charge is 0.479 e. The molecule has 18 heavy (non-hydrogen) atoms. The van der Waals surface area contributed by atoms with Crippen LogP contribution in [-0.2, 0) is 4.79 Å². The van der Waals surface area contributed by atoms with Gasteiger partial charge in [-0.3, -0.25) is 9.78 Å². The first kappa shape index (κ1) is 12.3. The molecule has 0 saturated carbocycles. The summed E-state index contributed by atoms with van der Waals surface area (Å²) in [5.74, 6) is -1.54. The first-order valence-electron chi connectivity index (χ1n) is 5.15. The number of amides is 1. The highest BCUT2D eigenvalue weighted by atomic mass is 32.1. The first-order valence-corrected chi connectivity index (χ1v) is 6.03. The van der Waals surface area contributed by atoms with Crippen molar-refractivity contribution in [1.82, 2.24) is 10.3 Å². The molecule has 6 heteroatoms. The van der Waals surface area contributed by atoms with E-state index in [1.165, 1.54) is 17.5 Å². The number of hydrogen-bond acceptors (Lipinski definition) is 4. The lowest BCUT2D eigenvalue weighted by Crippen LogP contribution is -2.33. The third-order valence-electron chi connectivity index (χ3n) is 2.27. The molecule has 2 rings (SSSR count). The van der Waals surface area contributed by atoms with Crippen LogP contribution in [0.4, 0.5) is 0 Å². The maximum Gasteiger partial charge on any atom is 0.331 e. The van der Waals surface area contributed by atoms with Crippen molar-refractivity contribution in [2.24, 2.45) is 0 Å². The van der Waals surface area contributed by atoms with Crippen molar-refractivity contribution in [2.45, 2.75) is 6.04 Å². The Kier molecular flexibility index (Phi) is 3.69. The molecular formula is C12H10N2O3S. The van der Waals surface area contributed by atoms with Gasteiger partial charge >= 0.3 is 5.97 Å². The predicted octanol–water partition coefficient (Wildman–Crippen LogP) is 1.70. The van der Waals surface area contributed by atoms with E-state index >= 15 is 0 Å². The van der Waals surface area contributed by atoms with Crippen molar-refractivity contribution in [3.63, 3.8) is 0 Å². The van der Waals surface area contributed by atoms with Gasteiger partial charge in [-0.2, -0.15) is 0 Å². The number of pyridine rings is 1. The Morgan fingerprint density at radius 1 is 1.33 bits per heavy atom. The smallest absolute Gasteiger partial charge is 0.331 e. The summed E-state index contributed by atoms with van der Waals surface area (Å²) in [6.45, 7) is 0. The lowest BCUT2D eigenvalue weighted by molar-refractivity contribution is -0.139. The molecule has 0 spiro atoms. The molecule has 2 aromatic rings. The van der Waals surface area contributed by atoms with E-state index in [0.29, 0.717) is 10.4 Å². The second kappa shape index (κ2) is 5.42. The summed E-state index contributed by atoms with van der Waals surface area (Å²) in [6.07, 6.45) is 2.94. The Morgan fingerprint density at radius 3 is 2.72 bits per heavy atom. The maximum absolute atomic E-state index is 11.8. The van der Waals surface area contributed by atoms with Crippen LogP contribution in [0.5, 0.6) is 0 Å². The van der Waals surface area contributed by atoms with Gasteiger partial charge in [-0.1, -0.05) is 6.07 Å². The molecule has 0 aliphatic rings. The minimum Gasteiger partial charge on any atom is -0.479 e. The number of nitrogens with one attached hydrogen (secondary N) is 1. The van der Waals surface area contributed by atoms with Crippen LogP contribution in [-0.4, -0.2) is 22.0 Å². The van der Waals surface area contributed by atoms with Gasteiger partial charge in [0.05, 0.1) is 5.56 Å². The average molecular weight is 262 g/mol. The summed E-state index contributed by atoms with van der Waals surface area (Å²) < 4.78 is 0. The number of rotatable bonds is 4. The lowest BCUT2D eigenvalue weighted by Gasteiger charge is -2.12. The zero-order valence-electron chi connectivity index (χ0n) is 9.24. The van der Waals surface area contributed by atoms with E-state index < -0.39 is 17.9 Å². The number of hydrogen-bond donors (Lipinski definition) is 2. The van der Waals surface area contributed by atoms with E-state index in [1.54, 1.807) is 35.8 Å². The Balaban J connectivity index is 2.16. The molecule has 0 bridgehead atoms. The van der Waals surface area contributed by atoms with Crippen LogP contribution in [0.3, 0.4) is 0 Å². The highest BCUT2D eigenvalue weighted by molar-refractivity contribution is 7.10. The molecule has 1 unspecified atom stereocenters. The second-order valence-corrected chi connectivity index (χ2v) is 4.48. The summed E-state index contributed by atoms with van der Waals surface area (Å²) in [5, 5.41) is 13.3. The molecule has 0 aliphatic carbocycles. The Labute approximate surface area is 107 Å². The molecule has 2 aromatic heterocycles. The zero-order chi connectivity index (χ0) is 13.0. The van der Waals surface area contributed by atoms with E-state index in [1.807, 2.05) is 0 Å². The molecule has 0 fully saturated rings. The monoisotopic (exact) mass is 262 g/mol. The van der Waals surface area contributed by atoms with E-state index in [-0.39, 0.29) is 0 Å². The normalized spacial score (nSPS) is 11.8. The molecule has 2 heterocycles. The van der Waals surface area contributed by atoms with Crippen molar-refractivity contribution in [3.05, 3.63) is 52.5 Å². The Morgan fingerprint density at radius 2 is 2.17 bits per heavy atom. The van der Waals surface area contributed by atoms with Crippen LogP contribution in [0, 0.1) is 0 Å². The van der Waals surface area contributed by atoms with Gasteiger partial charge in [0, 0.05) is 17.3 Å². The number of carboxylic acids is 1. The fourth-order valence-corrected chi connectivity index (χ4v) is 2.19. The fourth-order valence-electron chi connectivity index (χ4n) is 1.42. The first-order chi connectivity index (χ1) is 8.68. The number of aromatic nitrogens is 1. The van der Waals surface area contributed by atoms with Gasteiger partial charge in [0.25, 0.3) is 5.91 Å². The second-order valence-electron chi connectivity index (χ2n) is 3.50. The molecule has 92 valence electrons. The average Bonchev–Trinajstić information content (AvgIpc) is 2.90. The summed E-state index contributed by atoms with van der Waals surface area (Å²) >= 11 is 1.29. The van der Waals surface area contributed by atoms with E-state index in [9.17, 15) is 9.59 Å². The molecule has 1 amide bonds. The van der Waals surface area contributed by atoms with Gasteiger partial charge in [-0.05, 0) is 23.6 Å². The lowest BCUT2D eigenvalue weighted by atomic mass is 10.2. The predicted molar refractivity (Wildman–Crippen MR) is 66.4 cm³/mol. The summed E-state index contributed by atoms with van der Waals surface area (Å²) in [4.78, 5) is 27.4. The van der Waals surface area contributed by atoms with Crippen LogP contribution < -0.4 is 5.32 Å². The van der Waals surface area contributed by atoms with E-state index in [2.05, 4.69) is 10.3 Å². The number of aliphatic carboxylic acids is 1. The van der Waals surface area contributed by atoms with Gasteiger partial charge in [-0.15, -0.1) is 11.3 Å². The third kappa shape index (κ3) is 2.72. The molecule has 5 nitrogen and oxygen atoms in total. The molecule has 1 atom stereocenters. The summed E-state index contributed by atoms with van der Waals surface area (Å²) in [5.41, 5.74) is 0.334. The van der Waals surface area contributed by atoms with Crippen molar-refractivity contribution < 1.29 is 14.7 Å². The van der Waals surface area contributed by atoms with E-state index in [4.69, 9.17) is 5.11 Å². The minimum atomic E-state index is -1.09. The third-order valence-corrected chi connectivity index (χ3v) is 3.21. The molecular weight excluding hydrogens is 252 g/mol. The number of carbonyl (C=O) groups excluding carboxylic acids is 1. The standard InChI is InChI=1S/C12H10N2O3S/c15-11(8-3-1-5-13-7-8)14-10(12(16)17)9-4-2-6-18-9/h1-7,10H,(H,14,15)(H,16,17). The van der Waals surface area contributed by atoms with Crippen molar-refractivity contribution in [3.8, 4) is 0 Å². The molecule has 0 radical (unpaired) electrons. The number of carboxylic acid groups (broad SMARTS) is 1. The van der Waals surface area contributed by atoms with Crippen LogP contribution in [0.1, 0.15) is 21.3 Å². The van der Waals surface area contributed by atoms with Gasteiger partial charge in [0.2, 0.25) is 0 Å². The number of thiophene rings is 1. The van der Waals surface area contributed by atoms with Crippen LogP contribution in [0.15, 0.2) is 42.0 Å². The van der Waals surface area contributed by atoms with Crippen LogP contribution >= 0.6 is 11.3 Å². The Hall–Kier alpha value is -2.21. The summed E-state index contributed by atoms with van der Waals surface area (Å²) in [6, 6.07) is 5.59. The molecule has 2 N–H and O–H groups in total. The quantitative estimate of drug-likeness (QED) is 0.879. The summed E-state index contributed by atoms with van der Waals surface area (Å²) in [7, 11) is 0. The van der Waals surface area contributed by atoms with Gasteiger partial charge < -0.3 is 10.4 Å². The molecule has 0 aromatic carbocycles. The highest BCUT2D eigenvalue weighted by Crippen LogP contribution is 2.19. The van der Waals surface area contributed by atoms with Crippen LogP contribution in [0.2, 0.25) is 0 Å². The number of nitrogens with zero attached hydrogens (tertiary/aromatic N) is 1. The van der Waals surface area contributed by atoms with Crippen molar-refractivity contribution >= 4 is 23.2 Å². The van der Waals surface area contributed by atoms with Crippen LogP contribution in [0.25, 0.3) is 0 Å². The van der Waals surface area contributed by atoms with Gasteiger partial charge in [0.1, 0.15) is 0 Å². The Bertz CT molecular complexity index is 540.